The van der Waals surface area contributed by atoms with Gasteiger partial charge in [-0.2, -0.15) is 0 Å². The van der Waals surface area contributed by atoms with Crippen molar-refractivity contribution in [3.8, 4) is 5.75 Å². The number of ether oxygens (including phenoxy) is 1. The molecular weight excluding hydrogens is 326 g/mol. The van der Waals surface area contributed by atoms with Gasteiger partial charge in [0, 0.05) is 14.7 Å². The summed E-state index contributed by atoms with van der Waals surface area (Å²) in [7, 11) is 1.54. The van der Waals surface area contributed by atoms with E-state index in [1.54, 1.807) is 11.3 Å². The summed E-state index contributed by atoms with van der Waals surface area (Å²) in [6, 6.07) is 2.05. The monoisotopic (exact) mass is 333 g/mol. The predicted octanol–water partition coefficient (Wildman–Crippen LogP) is 3.57. The number of nitrogens with one attached hydrogen (secondary N) is 1. The highest BCUT2D eigenvalue weighted by atomic mass is 79.9. The molecule has 2 rings (SSSR count). The van der Waals surface area contributed by atoms with Crippen LogP contribution in [0.4, 0.5) is 5.82 Å². The second-order valence-corrected chi connectivity index (χ2v) is 5.40. The number of hydrogen-bond donors (Lipinski definition) is 1. The zero-order valence-electron chi connectivity index (χ0n) is 8.91. The number of nitrogens with zero attached hydrogens (tertiary/aromatic N) is 2. The van der Waals surface area contributed by atoms with Gasteiger partial charge >= 0.3 is 0 Å². The van der Waals surface area contributed by atoms with Crippen LogP contribution in [0.25, 0.3) is 0 Å². The van der Waals surface area contributed by atoms with Gasteiger partial charge in [-0.15, -0.1) is 11.3 Å². The molecule has 0 saturated carbocycles. The Hall–Kier alpha value is -0.850. The number of methoxy groups -OCH3 is 1. The SMILES string of the molecule is COc1c(Cl)ncnc1NCc1cc(Br)cs1. The second-order valence-electron chi connectivity index (χ2n) is 3.13. The van der Waals surface area contributed by atoms with Crippen molar-refractivity contribution >= 4 is 44.7 Å². The van der Waals surface area contributed by atoms with Crippen LogP contribution in [-0.2, 0) is 6.54 Å². The van der Waals surface area contributed by atoms with E-state index in [9.17, 15) is 0 Å². The minimum absolute atomic E-state index is 0.303. The molecule has 2 aromatic heterocycles. The Labute approximate surface area is 116 Å². The molecule has 7 heteroatoms. The minimum atomic E-state index is 0.303. The maximum Gasteiger partial charge on any atom is 0.198 e. The predicted molar refractivity (Wildman–Crippen MR) is 72.9 cm³/mol. The van der Waals surface area contributed by atoms with Crippen molar-refractivity contribution in [2.45, 2.75) is 6.54 Å². The Kier molecular flexibility index (Phi) is 4.20. The van der Waals surface area contributed by atoms with Crippen LogP contribution in [-0.4, -0.2) is 17.1 Å². The lowest BCUT2D eigenvalue weighted by molar-refractivity contribution is 0.413. The van der Waals surface area contributed by atoms with Crippen molar-refractivity contribution in [1.29, 1.82) is 0 Å². The molecule has 0 spiro atoms. The van der Waals surface area contributed by atoms with Gasteiger partial charge in [0.2, 0.25) is 0 Å². The van der Waals surface area contributed by atoms with Crippen LogP contribution in [0.1, 0.15) is 4.88 Å². The molecule has 0 fully saturated rings. The summed E-state index contributed by atoms with van der Waals surface area (Å²) in [5.74, 6) is 1.06. The zero-order valence-corrected chi connectivity index (χ0v) is 12.1. The molecule has 0 bridgehead atoms. The van der Waals surface area contributed by atoms with E-state index in [0.29, 0.717) is 23.3 Å². The lowest BCUT2D eigenvalue weighted by Gasteiger charge is -2.09. The molecule has 2 aromatic rings. The first-order valence-corrected chi connectivity index (χ1v) is 6.77. The summed E-state index contributed by atoms with van der Waals surface area (Å²) < 4.78 is 6.22. The number of rotatable bonds is 4. The van der Waals surface area contributed by atoms with Gasteiger partial charge in [-0.25, -0.2) is 9.97 Å². The van der Waals surface area contributed by atoms with Crippen molar-refractivity contribution < 1.29 is 4.74 Å². The molecule has 0 unspecified atom stereocenters. The van der Waals surface area contributed by atoms with E-state index in [2.05, 4.69) is 31.2 Å². The van der Waals surface area contributed by atoms with E-state index in [4.69, 9.17) is 16.3 Å². The van der Waals surface area contributed by atoms with E-state index < -0.39 is 0 Å². The van der Waals surface area contributed by atoms with E-state index in [-0.39, 0.29) is 0 Å². The van der Waals surface area contributed by atoms with Crippen LogP contribution in [0.15, 0.2) is 22.2 Å². The molecule has 0 radical (unpaired) electrons. The van der Waals surface area contributed by atoms with Gasteiger partial charge < -0.3 is 10.1 Å². The summed E-state index contributed by atoms with van der Waals surface area (Å²) in [6.45, 7) is 0.667. The molecule has 90 valence electrons. The van der Waals surface area contributed by atoms with Crippen molar-refractivity contribution in [3.05, 3.63) is 32.3 Å². The van der Waals surface area contributed by atoms with E-state index in [0.717, 1.165) is 4.47 Å². The maximum absolute atomic E-state index is 5.89. The third kappa shape index (κ3) is 3.08. The Morgan fingerprint density at radius 1 is 1.53 bits per heavy atom. The maximum atomic E-state index is 5.89. The number of anilines is 1. The fourth-order valence-corrected chi connectivity index (χ4v) is 2.88. The summed E-state index contributed by atoms with van der Waals surface area (Å²) in [6.07, 6.45) is 1.40. The van der Waals surface area contributed by atoms with Gasteiger partial charge in [0.1, 0.15) is 6.33 Å². The first-order valence-electron chi connectivity index (χ1n) is 4.72. The molecule has 17 heavy (non-hydrogen) atoms. The molecule has 0 saturated heterocycles. The van der Waals surface area contributed by atoms with Crippen molar-refractivity contribution in [3.63, 3.8) is 0 Å². The zero-order chi connectivity index (χ0) is 12.3. The van der Waals surface area contributed by atoms with Gasteiger partial charge in [-0.3, -0.25) is 0 Å². The quantitative estimate of drug-likeness (QED) is 0.868. The van der Waals surface area contributed by atoms with Crippen LogP contribution in [0, 0.1) is 0 Å². The van der Waals surface area contributed by atoms with Crippen molar-refractivity contribution in [2.75, 3.05) is 12.4 Å². The van der Waals surface area contributed by atoms with Crippen molar-refractivity contribution in [1.82, 2.24) is 9.97 Å². The van der Waals surface area contributed by atoms with Crippen LogP contribution in [0.3, 0.4) is 0 Å². The average molecular weight is 335 g/mol. The smallest absolute Gasteiger partial charge is 0.198 e. The fourth-order valence-electron chi connectivity index (χ4n) is 1.28. The first-order chi connectivity index (χ1) is 8.20. The summed E-state index contributed by atoms with van der Waals surface area (Å²) in [5, 5.41) is 5.50. The molecule has 2 heterocycles. The molecular formula is C10H9BrClN3OS. The summed E-state index contributed by atoms with van der Waals surface area (Å²) >= 11 is 11.0. The second kappa shape index (κ2) is 5.66. The third-order valence-corrected chi connectivity index (χ3v) is 3.98. The third-order valence-electron chi connectivity index (χ3n) is 2.02. The Balaban J connectivity index is 2.11. The standard InChI is InChI=1S/C10H9BrClN3OS/c1-16-8-9(12)14-5-15-10(8)13-3-7-2-6(11)4-17-7/h2,4-5H,3H2,1H3,(H,13,14,15). The van der Waals surface area contributed by atoms with Gasteiger partial charge in [0.15, 0.2) is 16.7 Å². The highest BCUT2D eigenvalue weighted by molar-refractivity contribution is 9.10. The Morgan fingerprint density at radius 3 is 3.00 bits per heavy atom. The van der Waals surface area contributed by atoms with E-state index in [1.165, 1.54) is 18.3 Å². The molecule has 0 amide bonds. The van der Waals surface area contributed by atoms with Gasteiger partial charge in [-0.05, 0) is 22.0 Å². The average Bonchev–Trinajstić information content (AvgIpc) is 2.72. The molecule has 0 aliphatic rings. The summed E-state index contributed by atoms with van der Waals surface area (Å²) in [5.41, 5.74) is 0. The highest BCUT2D eigenvalue weighted by Crippen LogP contribution is 2.29. The van der Waals surface area contributed by atoms with Crippen LogP contribution in [0.5, 0.6) is 5.75 Å². The van der Waals surface area contributed by atoms with Crippen LogP contribution in [0.2, 0.25) is 5.15 Å². The molecule has 4 nitrogen and oxygen atoms in total. The lowest BCUT2D eigenvalue weighted by atomic mass is 10.4. The first kappa shape index (κ1) is 12.6. The number of halogens is 2. The number of hydrogen-bond acceptors (Lipinski definition) is 5. The topological polar surface area (TPSA) is 47.0 Å². The molecule has 0 aromatic carbocycles. The van der Waals surface area contributed by atoms with Gasteiger partial charge in [0.05, 0.1) is 13.7 Å². The largest absolute Gasteiger partial charge is 0.490 e. The van der Waals surface area contributed by atoms with E-state index in [1.807, 2.05) is 11.4 Å². The normalized spacial score (nSPS) is 10.3. The highest BCUT2D eigenvalue weighted by Gasteiger charge is 2.09. The van der Waals surface area contributed by atoms with Gasteiger partial charge in [0.25, 0.3) is 0 Å². The van der Waals surface area contributed by atoms with Crippen molar-refractivity contribution in [2.24, 2.45) is 0 Å². The fraction of sp³-hybridized carbons (Fsp3) is 0.200. The Bertz CT molecular complexity index is 520. The molecule has 0 aliphatic carbocycles. The number of thiophene rings is 1. The molecule has 0 atom stereocenters. The Morgan fingerprint density at radius 2 is 2.35 bits per heavy atom. The minimum Gasteiger partial charge on any atom is -0.490 e. The van der Waals surface area contributed by atoms with Crippen LogP contribution < -0.4 is 10.1 Å². The lowest BCUT2D eigenvalue weighted by Crippen LogP contribution is -2.03. The van der Waals surface area contributed by atoms with Gasteiger partial charge in [-0.1, -0.05) is 11.6 Å². The van der Waals surface area contributed by atoms with Crippen LogP contribution >= 0.6 is 38.9 Å². The van der Waals surface area contributed by atoms with E-state index >= 15 is 0 Å². The summed E-state index contributed by atoms with van der Waals surface area (Å²) in [4.78, 5) is 9.14. The molecule has 1 N–H and O–H groups in total. The molecule has 0 aliphatic heterocycles. The number of aromatic nitrogens is 2.